The Morgan fingerprint density at radius 2 is 1.81 bits per heavy atom. The van der Waals surface area contributed by atoms with Gasteiger partial charge in [0.1, 0.15) is 12.1 Å². The molecule has 2 aliphatic rings. The van der Waals surface area contributed by atoms with Crippen molar-refractivity contribution in [1.29, 1.82) is 0 Å². The van der Waals surface area contributed by atoms with Gasteiger partial charge in [-0.05, 0) is 38.5 Å². The highest BCUT2D eigenvalue weighted by Gasteiger charge is 2.36. The van der Waals surface area contributed by atoms with Crippen LogP contribution in [0.15, 0.2) is 4.99 Å². The summed E-state index contributed by atoms with van der Waals surface area (Å²) in [6, 6.07) is -1.20. The lowest BCUT2D eigenvalue weighted by atomic mass is 10.1. The molecule has 2 heterocycles. The molecule has 0 aromatic heterocycles. The Labute approximate surface area is 159 Å². The van der Waals surface area contributed by atoms with E-state index >= 15 is 0 Å². The van der Waals surface area contributed by atoms with E-state index in [1.54, 1.807) is 4.90 Å². The van der Waals surface area contributed by atoms with E-state index in [1.807, 2.05) is 0 Å². The van der Waals surface area contributed by atoms with Gasteiger partial charge in [-0.1, -0.05) is 0 Å². The number of nitrogens with one attached hydrogen (secondary N) is 1. The smallest absolute Gasteiger partial charge is 0.245 e. The molecular weight excluding hydrogens is 350 g/mol. The van der Waals surface area contributed by atoms with Crippen LogP contribution in [0.5, 0.6) is 0 Å². The van der Waals surface area contributed by atoms with E-state index in [1.165, 1.54) is 4.90 Å². The first-order chi connectivity index (χ1) is 12.9. The number of nitrogens with zero attached hydrogens (tertiary/aromatic N) is 3. The van der Waals surface area contributed by atoms with Crippen molar-refractivity contribution in [3.8, 4) is 0 Å². The summed E-state index contributed by atoms with van der Waals surface area (Å²) in [5, 5.41) is 2.86. The topological polar surface area (TPSA) is 160 Å². The van der Waals surface area contributed by atoms with Crippen molar-refractivity contribution in [3.05, 3.63) is 0 Å². The van der Waals surface area contributed by atoms with Crippen LogP contribution in [0.25, 0.3) is 0 Å². The van der Waals surface area contributed by atoms with E-state index in [0.717, 1.165) is 19.3 Å². The summed E-state index contributed by atoms with van der Waals surface area (Å²) in [5.74, 6) is -0.625. The quantitative estimate of drug-likeness (QED) is 0.218. The molecule has 0 aliphatic carbocycles. The Morgan fingerprint density at radius 1 is 1.11 bits per heavy atom. The standard InChI is InChI=1S/C17H31N7O3/c18-11-14(25)24-10-4-6-13(24)15(26)22-12(5-3-7-21-17(19)20)16(27)23-8-1-2-9-23/h12-13H,1-11,18H2,(H,22,26)(H4,19,20,21)/t12-,13-/m0/s1. The van der Waals surface area contributed by atoms with Gasteiger partial charge in [0.15, 0.2) is 5.96 Å². The van der Waals surface area contributed by atoms with Gasteiger partial charge in [0.25, 0.3) is 0 Å². The summed E-state index contributed by atoms with van der Waals surface area (Å²) in [6.45, 7) is 2.20. The molecule has 10 nitrogen and oxygen atoms in total. The monoisotopic (exact) mass is 381 g/mol. The van der Waals surface area contributed by atoms with Gasteiger partial charge in [0.2, 0.25) is 17.7 Å². The van der Waals surface area contributed by atoms with Crippen LogP contribution in [-0.2, 0) is 14.4 Å². The Kier molecular flexibility index (Phi) is 7.83. The number of hydrogen-bond donors (Lipinski definition) is 4. The molecule has 0 spiro atoms. The van der Waals surface area contributed by atoms with Crippen LogP contribution in [0.1, 0.15) is 38.5 Å². The number of likely N-dealkylation sites (tertiary alicyclic amines) is 2. The number of hydrogen-bond acceptors (Lipinski definition) is 5. The molecule has 0 bridgehead atoms. The maximum absolute atomic E-state index is 12.8. The van der Waals surface area contributed by atoms with Crippen molar-refractivity contribution in [2.45, 2.75) is 50.6 Å². The highest BCUT2D eigenvalue weighted by atomic mass is 16.2. The molecule has 2 aliphatic heterocycles. The lowest BCUT2D eigenvalue weighted by molar-refractivity contribution is -0.140. The van der Waals surface area contributed by atoms with Gasteiger partial charge >= 0.3 is 0 Å². The SMILES string of the molecule is NCC(=O)N1CCC[C@H]1C(=O)N[C@@H](CCCN=C(N)N)C(=O)N1CCCC1. The van der Waals surface area contributed by atoms with Crippen LogP contribution in [0, 0.1) is 0 Å². The van der Waals surface area contributed by atoms with E-state index < -0.39 is 12.1 Å². The van der Waals surface area contributed by atoms with Crippen LogP contribution in [-0.4, -0.2) is 78.3 Å². The van der Waals surface area contributed by atoms with Gasteiger partial charge in [0.05, 0.1) is 6.54 Å². The predicted molar refractivity (Wildman–Crippen MR) is 101 cm³/mol. The molecule has 7 N–H and O–H groups in total. The molecule has 10 heteroatoms. The van der Waals surface area contributed by atoms with Crippen LogP contribution >= 0.6 is 0 Å². The minimum absolute atomic E-state index is 0.00310. The van der Waals surface area contributed by atoms with Crippen molar-refractivity contribution >= 4 is 23.7 Å². The zero-order chi connectivity index (χ0) is 19.8. The molecule has 2 fully saturated rings. The minimum atomic E-state index is -0.639. The molecule has 2 atom stereocenters. The van der Waals surface area contributed by atoms with E-state index in [2.05, 4.69) is 10.3 Å². The maximum Gasteiger partial charge on any atom is 0.245 e. The van der Waals surface area contributed by atoms with Gasteiger partial charge < -0.3 is 32.3 Å². The number of carbonyl (C=O) groups excluding carboxylic acids is 3. The van der Waals surface area contributed by atoms with Gasteiger partial charge in [0, 0.05) is 26.2 Å². The normalized spacial score (nSPS) is 20.4. The zero-order valence-electron chi connectivity index (χ0n) is 15.7. The molecule has 27 heavy (non-hydrogen) atoms. The van der Waals surface area contributed by atoms with Crippen molar-refractivity contribution in [1.82, 2.24) is 15.1 Å². The summed E-state index contributed by atoms with van der Waals surface area (Å²) < 4.78 is 0. The number of aliphatic imine (C=N–C) groups is 1. The van der Waals surface area contributed by atoms with E-state index in [-0.39, 0.29) is 30.2 Å². The summed E-state index contributed by atoms with van der Waals surface area (Å²) in [6.07, 6.45) is 4.28. The van der Waals surface area contributed by atoms with Gasteiger partial charge in [-0.25, -0.2) is 0 Å². The number of amides is 3. The van der Waals surface area contributed by atoms with Crippen molar-refractivity contribution in [2.75, 3.05) is 32.7 Å². The molecule has 2 rings (SSSR count). The Hall–Kier alpha value is -2.36. The summed E-state index contributed by atoms with van der Waals surface area (Å²) in [5.41, 5.74) is 16.1. The summed E-state index contributed by atoms with van der Waals surface area (Å²) >= 11 is 0. The van der Waals surface area contributed by atoms with Gasteiger partial charge in [-0.3, -0.25) is 19.4 Å². The average Bonchev–Trinajstić information content (AvgIpc) is 3.34. The molecule has 0 aromatic rings. The highest BCUT2D eigenvalue weighted by Crippen LogP contribution is 2.18. The van der Waals surface area contributed by atoms with Crippen molar-refractivity contribution < 1.29 is 14.4 Å². The molecule has 0 unspecified atom stereocenters. The average molecular weight is 381 g/mol. The maximum atomic E-state index is 12.8. The van der Waals surface area contributed by atoms with E-state index in [0.29, 0.717) is 45.4 Å². The fraction of sp³-hybridized carbons (Fsp3) is 0.765. The fourth-order valence-corrected chi connectivity index (χ4v) is 3.64. The summed E-state index contributed by atoms with van der Waals surface area (Å²) in [4.78, 5) is 44.7. The predicted octanol–water partition coefficient (Wildman–Crippen LogP) is -1.90. The fourth-order valence-electron chi connectivity index (χ4n) is 3.64. The third kappa shape index (κ3) is 5.81. The number of nitrogens with two attached hydrogens (primary N) is 3. The third-order valence-electron chi connectivity index (χ3n) is 5.03. The Balaban J connectivity index is 2.00. The second-order valence-corrected chi connectivity index (χ2v) is 6.99. The van der Waals surface area contributed by atoms with E-state index in [9.17, 15) is 14.4 Å². The Morgan fingerprint density at radius 3 is 2.44 bits per heavy atom. The van der Waals surface area contributed by atoms with Crippen LogP contribution < -0.4 is 22.5 Å². The lowest BCUT2D eigenvalue weighted by Gasteiger charge is -2.28. The molecule has 0 saturated carbocycles. The second kappa shape index (κ2) is 10.1. The molecule has 2 saturated heterocycles. The molecule has 152 valence electrons. The van der Waals surface area contributed by atoms with E-state index in [4.69, 9.17) is 17.2 Å². The highest BCUT2D eigenvalue weighted by molar-refractivity contribution is 5.92. The lowest BCUT2D eigenvalue weighted by Crippen LogP contribution is -2.54. The second-order valence-electron chi connectivity index (χ2n) is 6.99. The van der Waals surface area contributed by atoms with Crippen LogP contribution in [0.2, 0.25) is 0 Å². The number of rotatable bonds is 8. The molecule has 0 aromatic carbocycles. The first kappa shape index (κ1) is 20.9. The number of guanidine groups is 1. The largest absolute Gasteiger partial charge is 0.370 e. The molecular formula is C17H31N7O3. The van der Waals surface area contributed by atoms with Crippen molar-refractivity contribution in [3.63, 3.8) is 0 Å². The van der Waals surface area contributed by atoms with Crippen LogP contribution in [0.3, 0.4) is 0 Å². The van der Waals surface area contributed by atoms with Crippen molar-refractivity contribution in [2.24, 2.45) is 22.2 Å². The zero-order valence-corrected chi connectivity index (χ0v) is 15.7. The minimum Gasteiger partial charge on any atom is -0.370 e. The summed E-state index contributed by atoms with van der Waals surface area (Å²) in [7, 11) is 0. The first-order valence-corrected chi connectivity index (χ1v) is 9.58. The molecule has 3 amide bonds. The van der Waals surface area contributed by atoms with Crippen LogP contribution in [0.4, 0.5) is 0 Å². The molecule has 0 radical (unpaired) electrons. The first-order valence-electron chi connectivity index (χ1n) is 9.58. The number of carbonyl (C=O) groups is 3. The Bertz CT molecular complexity index is 571. The third-order valence-corrected chi connectivity index (χ3v) is 5.03. The van der Waals surface area contributed by atoms with Gasteiger partial charge in [-0.2, -0.15) is 0 Å². The van der Waals surface area contributed by atoms with Gasteiger partial charge in [-0.15, -0.1) is 0 Å².